The molecule has 1 saturated heterocycles. The van der Waals surface area contributed by atoms with Gasteiger partial charge in [-0.1, -0.05) is 0 Å². The Balaban J connectivity index is 1.63. The predicted molar refractivity (Wildman–Crippen MR) is 100 cm³/mol. The van der Waals surface area contributed by atoms with E-state index in [9.17, 15) is 4.79 Å². The minimum absolute atomic E-state index is 0.138. The number of nitrogens with one attached hydrogen (secondary N) is 1. The zero-order valence-corrected chi connectivity index (χ0v) is 14.2. The summed E-state index contributed by atoms with van der Waals surface area (Å²) in [6.07, 6.45) is 5.70. The summed E-state index contributed by atoms with van der Waals surface area (Å²) in [7, 11) is 0. The molecular weight excluding hydrogens is 312 g/mol. The molecule has 1 fully saturated rings. The van der Waals surface area contributed by atoms with Crippen LogP contribution >= 0.6 is 0 Å². The number of aryl methyl sites for hydroxylation is 1. The van der Waals surface area contributed by atoms with Gasteiger partial charge in [0.15, 0.2) is 0 Å². The van der Waals surface area contributed by atoms with E-state index in [4.69, 9.17) is 4.98 Å². The summed E-state index contributed by atoms with van der Waals surface area (Å²) >= 11 is 0. The molecule has 1 aromatic carbocycles. The Morgan fingerprint density at radius 1 is 1.08 bits per heavy atom. The number of carbonyl (C=O) groups is 1. The first kappa shape index (κ1) is 15.6. The minimum atomic E-state index is -0.138. The van der Waals surface area contributed by atoms with Gasteiger partial charge in [-0.2, -0.15) is 0 Å². The van der Waals surface area contributed by atoms with Crippen LogP contribution in [0.15, 0.2) is 48.8 Å². The summed E-state index contributed by atoms with van der Waals surface area (Å²) in [4.78, 5) is 23.4. The quantitative estimate of drug-likeness (QED) is 0.793. The zero-order valence-electron chi connectivity index (χ0n) is 14.2. The first-order valence-electron chi connectivity index (χ1n) is 8.58. The molecule has 1 aliphatic rings. The maximum absolute atomic E-state index is 12.3. The van der Waals surface area contributed by atoms with Crippen molar-refractivity contribution < 1.29 is 4.79 Å². The Morgan fingerprint density at radius 2 is 1.84 bits per heavy atom. The lowest BCUT2D eigenvalue weighted by Gasteiger charge is -2.18. The molecule has 1 N–H and O–H groups in total. The van der Waals surface area contributed by atoms with E-state index in [1.165, 1.54) is 18.4 Å². The van der Waals surface area contributed by atoms with Crippen LogP contribution in [0.1, 0.15) is 28.8 Å². The molecule has 0 saturated carbocycles. The molecule has 126 valence electrons. The van der Waals surface area contributed by atoms with Crippen LogP contribution in [-0.4, -0.2) is 29.0 Å². The van der Waals surface area contributed by atoms with Crippen LogP contribution in [0.5, 0.6) is 0 Å². The zero-order chi connectivity index (χ0) is 17.2. The maximum atomic E-state index is 12.3. The number of aromatic nitrogens is 2. The van der Waals surface area contributed by atoms with Crippen LogP contribution in [-0.2, 0) is 0 Å². The number of amides is 1. The molecule has 5 nitrogen and oxygen atoms in total. The monoisotopic (exact) mass is 332 g/mol. The van der Waals surface area contributed by atoms with Gasteiger partial charge in [-0.15, -0.1) is 0 Å². The second kappa shape index (κ2) is 6.51. The van der Waals surface area contributed by atoms with Crippen LogP contribution in [0.4, 0.5) is 11.5 Å². The Hall–Kier alpha value is -2.95. The Labute approximate surface area is 146 Å². The van der Waals surface area contributed by atoms with Crippen LogP contribution in [0.2, 0.25) is 0 Å². The number of rotatable bonds is 3. The lowest BCUT2D eigenvalue weighted by atomic mass is 10.1. The molecule has 2 aromatic heterocycles. The van der Waals surface area contributed by atoms with E-state index in [1.807, 2.05) is 18.2 Å². The number of benzene rings is 1. The second-order valence-electron chi connectivity index (χ2n) is 6.41. The molecule has 4 rings (SSSR count). The lowest BCUT2D eigenvalue weighted by molar-refractivity contribution is 0.102. The van der Waals surface area contributed by atoms with Crippen molar-refractivity contribution in [2.24, 2.45) is 0 Å². The highest BCUT2D eigenvalue weighted by atomic mass is 16.1. The van der Waals surface area contributed by atoms with Crippen molar-refractivity contribution in [1.29, 1.82) is 0 Å². The number of carbonyl (C=O) groups excluding carboxylic acids is 1. The van der Waals surface area contributed by atoms with Gasteiger partial charge in [0, 0.05) is 42.1 Å². The van der Waals surface area contributed by atoms with E-state index in [0.717, 1.165) is 35.5 Å². The fourth-order valence-electron chi connectivity index (χ4n) is 3.27. The van der Waals surface area contributed by atoms with E-state index in [0.29, 0.717) is 5.56 Å². The number of fused-ring (bicyclic) bond motifs is 1. The Kier molecular flexibility index (Phi) is 4.06. The molecule has 0 bridgehead atoms. The highest BCUT2D eigenvalue weighted by Crippen LogP contribution is 2.27. The fourth-order valence-corrected chi connectivity index (χ4v) is 3.27. The molecule has 5 heteroatoms. The maximum Gasteiger partial charge on any atom is 0.255 e. The van der Waals surface area contributed by atoms with E-state index in [1.54, 1.807) is 24.5 Å². The third kappa shape index (κ3) is 3.18. The van der Waals surface area contributed by atoms with Gasteiger partial charge in [-0.3, -0.25) is 9.78 Å². The number of hydrogen-bond acceptors (Lipinski definition) is 4. The number of nitrogens with zero attached hydrogens (tertiary/aromatic N) is 3. The Bertz CT molecular complexity index is 918. The van der Waals surface area contributed by atoms with Gasteiger partial charge in [0.05, 0.1) is 5.52 Å². The highest BCUT2D eigenvalue weighted by Gasteiger charge is 2.15. The normalized spacial score (nSPS) is 14.0. The number of anilines is 2. The van der Waals surface area contributed by atoms with Crippen molar-refractivity contribution in [3.8, 4) is 0 Å². The van der Waals surface area contributed by atoms with Crippen molar-refractivity contribution in [3.05, 3.63) is 59.9 Å². The van der Waals surface area contributed by atoms with Crippen LogP contribution in [0.25, 0.3) is 10.9 Å². The largest absolute Gasteiger partial charge is 0.357 e. The standard InChI is InChI=1S/C20H20N4O/c1-14-12-19(24-10-2-3-11-24)23-18-5-4-16(13-17(14)18)22-20(25)15-6-8-21-9-7-15/h4-9,12-13H,2-3,10-11H2,1H3,(H,22,25). The molecule has 25 heavy (non-hydrogen) atoms. The molecule has 1 amide bonds. The summed E-state index contributed by atoms with van der Waals surface area (Å²) in [6, 6.07) is 11.4. The van der Waals surface area contributed by atoms with E-state index in [2.05, 4.69) is 28.2 Å². The van der Waals surface area contributed by atoms with Crippen molar-refractivity contribution >= 4 is 28.3 Å². The van der Waals surface area contributed by atoms with Crippen LogP contribution in [0, 0.1) is 6.92 Å². The average Bonchev–Trinajstić information content (AvgIpc) is 3.17. The molecule has 0 radical (unpaired) electrons. The first-order chi connectivity index (χ1) is 12.2. The molecule has 1 aliphatic heterocycles. The van der Waals surface area contributed by atoms with Crippen molar-refractivity contribution in [2.45, 2.75) is 19.8 Å². The third-order valence-corrected chi connectivity index (χ3v) is 4.63. The summed E-state index contributed by atoms with van der Waals surface area (Å²) in [5.41, 5.74) is 3.50. The van der Waals surface area contributed by atoms with Gasteiger partial charge < -0.3 is 10.2 Å². The van der Waals surface area contributed by atoms with Gasteiger partial charge in [0.25, 0.3) is 5.91 Å². The van der Waals surface area contributed by atoms with Crippen LogP contribution in [0.3, 0.4) is 0 Å². The van der Waals surface area contributed by atoms with Gasteiger partial charge in [-0.05, 0) is 61.7 Å². The first-order valence-corrected chi connectivity index (χ1v) is 8.58. The molecule has 0 atom stereocenters. The molecule has 3 heterocycles. The van der Waals surface area contributed by atoms with E-state index in [-0.39, 0.29) is 5.91 Å². The molecular formula is C20H20N4O. The Morgan fingerprint density at radius 3 is 2.60 bits per heavy atom. The molecule has 0 unspecified atom stereocenters. The van der Waals surface area contributed by atoms with Gasteiger partial charge in [0.2, 0.25) is 0 Å². The molecule has 3 aromatic rings. The molecule has 0 spiro atoms. The van der Waals surface area contributed by atoms with E-state index < -0.39 is 0 Å². The SMILES string of the molecule is Cc1cc(N2CCCC2)nc2ccc(NC(=O)c3ccncc3)cc12. The summed E-state index contributed by atoms with van der Waals surface area (Å²) in [5, 5.41) is 4.01. The summed E-state index contributed by atoms with van der Waals surface area (Å²) in [6.45, 7) is 4.26. The van der Waals surface area contributed by atoms with Gasteiger partial charge in [0.1, 0.15) is 5.82 Å². The third-order valence-electron chi connectivity index (χ3n) is 4.63. The topological polar surface area (TPSA) is 58.1 Å². The van der Waals surface area contributed by atoms with Gasteiger partial charge >= 0.3 is 0 Å². The van der Waals surface area contributed by atoms with Crippen molar-refractivity contribution in [3.63, 3.8) is 0 Å². The fraction of sp³-hybridized carbons (Fsp3) is 0.250. The number of hydrogen-bond donors (Lipinski definition) is 1. The van der Waals surface area contributed by atoms with Crippen molar-refractivity contribution in [1.82, 2.24) is 9.97 Å². The minimum Gasteiger partial charge on any atom is -0.357 e. The lowest BCUT2D eigenvalue weighted by Crippen LogP contribution is -2.19. The van der Waals surface area contributed by atoms with Crippen molar-refractivity contribution in [2.75, 3.05) is 23.3 Å². The van der Waals surface area contributed by atoms with E-state index >= 15 is 0 Å². The molecule has 0 aliphatic carbocycles. The second-order valence-corrected chi connectivity index (χ2v) is 6.41. The smallest absolute Gasteiger partial charge is 0.255 e. The summed E-state index contributed by atoms with van der Waals surface area (Å²) < 4.78 is 0. The highest BCUT2D eigenvalue weighted by molar-refractivity contribution is 6.05. The van der Waals surface area contributed by atoms with Gasteiger partial charge in [-0.25, -0.2) is 4.98 Å². The average molecular weight is 332 g/mol. The summed E-state index contributed by atoms with van der Waals surface area (Å²) in [5.74, 6) is 0.914. The van der Waals surface area contributed by atoms with Crippen LogP contribution < -0.4 is 10.2 Å². The number of pyridine rings is 2. The predicted octanol–water partition coefficient (Wildman–Crippen LogP) is 3.79.